The number of hydrogen-bond donors (Lipinski definition) is 0. The Bertz CT molecular complexity index is 1010. The Morgan fingerprint density at radius 3 is 0.785 bits per heavy atom. The average molecular weight is 918 g/mol. The number of carbonyl (C=O) groups excluding carboxylic acids is 3. The van der Waals surface area contributed by atoms with Gasteiger partial charge in [-0.3, -0.25) is 14.4 Å². The van der Waals surface area contributed by atoms with E-state index in [-0.39, 0.29) is 31.1 Å². The van der Waals surface area contributed by atoms with Crippen LogP contribution in [0.4, 0.5) is 0 Å². The number of ether oxygens (including phenoxy) is 3. The smallest absolute Gasteiger partial charge is 0.306 e. The van der Waals surface area contributed by atoms with Gasteiger partial charge in [-0.05, 0) is 44.9 Å². The summed E-state index contributed by atoms with van der Waals surface area (Å²) in [6, 6.07) is 0. The fourth-order valence-corrected chi connectivity index (χ4v) is 8.85. The second-order valence-corrected chi connectivity index (χ2v) is 19.9. The highest BCUT2D eigenvalue weighted by Gasteiger charge is 2.19. The molecule has 1 atom stereocenters. The molecule has 0 heterocycles. The number of esters is 3. The molecule has 0 aliphatic heterocycles. The molecule has 1 unspecified atom stereocenters. The first-order valence-corrected chi connectivity index (χ1v) is 29.2. The summed E-state index contributed by atoms with van der Waals surface area (Å²) >= 11 is 0. The Morgan fingerprint density at radius 2 is 0.508 bits per heavy atom. The molecule has 6 nitrogen and oxygen atoms in total. The summed E-state index contributed by atoms with van der Waals surface area (Å²) in [6.07, 6.45) is 62.1. The van der Waals surface area contributed by atoms with Gasteiger partial charge in [0.05, 0.1) is 0 Å². The minimum absolute atomic E-state index is 0.0675. The fraction of sp³-hybridized carbons (Fsp3) is 0.915. The van der Waals surface area contributed by atoms with Crippen molar-refractivity contribution in [1.82, 2.24) is 0 Å². The van der Waals surface area contributed by atoms with Gasteiger partial charge in [-0.25, -0.2) is 0 Å². The highest BCUT2D eigenvalue weighted by atomic mass is 16.6. The summed E-state index contributed by atoms with van der Waals surface area (Å²) in [5.74, 6) is -0.853. The fourth-order valence-electron chi connectivity index (χ4n) is 8.85. The van der Waals surface area contributed by atoms with Crippen LogP contribution in [-0.2, 0) is 28.6 Å². The van der Waals surface area contributed by atoms with E-state index in [1.54, 1.807) is 0 Å². The van der Waals surface area contributed by atoms with Gasteiger partial charge in [-0.15, -0.1) is 0 Å². The highest BCUT2D eigenvalue weighted by Crippen LogP contribution is 2.17. The molecule has 384 valence electrons. The van der Waals surface area contributed by atoms with E-state index in [9.17, 15) is 14.4 Å². The molecule has 0 fully saturated rings. The maximum absolute atomic E-state index is 12.8. The monoisotopic (exact) mass is 917 g/mol. The number of carbonyl (C=O) groups is 3. The molecule has 0 aromatic carbocycles. The summed E-state index contributed by atoms with van der Waals surface area (Å²) in [4.78, 5) is 38.1. The molecule has 0 radical (unpaired) electrons. The van der Waals surface area contributed by atoms with Gasteiger partial charge >= 0.3 is 17.9 Å². The number of hydrogen-bond acceptors (Lipinski definition) is 6. The van der Waals surface area contributed by atoms with Gasteiger partial charge < -0.3 is 14.2 Å². The molecule has 0 aliphatic carbocycles. The molecule has 0 aromatic rings. The van der Waals surface area contributed by atoms with Crippen LogP contribution in [-0.4, -0.2) is 37.2 Å². The SMILES string of the molecule is CCCCCC/C=C\CCCCCCCC(=O)OC(COC(=O)CCCCCCCCCCCCCCC)COC(=O)CCCCCCCCCCCCCCCCCCCCCCC. The number of allylic oxidation sites excluding steroid dienone is 2. The van der Waals surface area contributed by atoms with Crippen molar-refractivity contribution in [1.29, 1.82) is 0 Å². The van der Waals surface area contributed by atoms with Gasteiger partial charge in [-0.1, -0.05) is 277 Å². The zero-order chi connectivity index (χ0) is 47.2. The summed E-state index contributed by atoms with van der Waals surface area (Å²) in [5.41, 5.74) is 0. The van der Waals surface area contributed by atoms with Crippen LogP contribution in [0.3, 0.4) is 0 Å². The second-order valence-electron chi connectivity index (χ2n) is 19.9. The lowest BCUT2D eigenvalue weighted by Crippen LogP contribution is -2.30. The standard InChI is InChI=1S/C59H112O6/c1-4-7-10-13-16-19-22-25-26-27-28-29-30-31-32-35-37-40-43-46-49-52-58(61)64-55-56(65-59(62)53-50-47-44-41-38-34-24-21-18-15-12-9-6-3)54-63-57(60)51-48-45-42-39-36-33-23-20-17-14-11-8-5-2/h21,24,56H,4-20,22-23,25-55H2,1-3H3/b24-21-. The molecule has 0 spiro atoms. The van der Waals surface area contributed by atoms with Crippen LogP contribution in [0.25, 0.3) is 0 Å². The normalized spacial score (nSPS) is 12.0. The summed E-state index contributed by atoms with van der Waals surface area (Å²) in [6.45, 7) is 6.67. The van der Waals surface area contributed by atoms with Crippen LogP contribution in [0, 0.1) is 0 Å². The van der Waals surface area contributed by atoms with E-state index in [4.69, 9.17) is 14.2 Å². The lowest BCUT2D eigenvalue weighted by atomic mass is 10.0. The number of rotatable bonds is 54. The van der Waals surface area contributed by atoms with Gasteiger partial charge in [0, 0.05) is 19.3 Å². The van der Waals surface area contributed by atoms with E-state index >= 15 is 0 Å². The van der Waals surface area contributed by atoms with E-state index in [2.05, 4.69) is 32.9 Å². The van der Waals surface area contributed by atoms with E-state index < -0.39 is 6.10 Å². The van der Waals surface area contributed by atoms with E-state index in [1.807, 2.05) is 0 Å². The Labute approximate surface area is 405 Å². The molecule has 65 heavy (non-hydrogen) atoms. The quantitative estimate of drug-likeness (QED) is 0.0262. The molecule has 6 heteroatoms. The third-order valence-corrected chi connectivity index (χ3v) is 13.3. The van der Waals surface area contributed by atoms with Crippen LogP contribution in [0.15, 0.2) is 12.2 Å². The topological polar surface area (TPSA) is 78.9 Å². The third-order valence-electron chi connectivity index (χ3n) is 13.3. The molecule has 0 bridgehead atoms. The van der Waals surface area contributed by atoms with Crippen LogP contribution in [0.2, 0.25) is 0 Å². The molecule has 0 saturated carbocycles. The first-order valence-electron chi connectivity index (χ1n) is 29.2. The Kier molecular flexibility index (Phi) is 53.2. The maximum Gasteiger partial charge on any atom is 0.306 e. The first kappa shape index (κ1) is 63.1. The molecule has 0 saturated heterocycles. The summed E-state index contributed by atoms with van der Waals surface area (Å²) in [7, 11) is 0. The van der Waals surface area contributed by atoms with Crippen molar-refractivity contribution in [2.24, 2.45) is 0 Å². The lowest BCUT2D eigenvalue weighted by molar-refractivity contribution is -0.167. The predicted octanol–water partition coefficient (Wildman–Crippen LogP) is 19.3. The molecule has 0 rings (SSSR count). The van der Waals surface area contributed by atoms with Gasteiger partial charge in [0.15, 0.2) is 6.10 Å². The number of unbranched alkanes of at least 4 members (excludes halogenated alkanes) is 41. The second kappa shape index (κ2) is 54.8. The predicted molar refractivity (Wildman–Crippen MR) is 280 cm³/mol. The van der Waals surface area contributed by atoms with Crippen molar-refractivity contribution >= 4 is 17.9 Å². The molecular weight excluding hydrogens is 805 g/mol. The zero-order valence-electron chi connectivity index (χ0n) is 44.0. The van der Waals surface area contributed by atoms with E-state index in [0.717, 1.165) is 64.2 Å². The lowest BCUT2D eigenvalue weighted by Gasteiger charge is -2.18. The molecule has 0 aromatic heterocycles. The van der Waals surface area contributed by atoms with Crippen molar-refractivity contribution < 1.29 is 28.6 Å². The molecule has 0 amide bonds. The first-order chi connectivity index (χ1) is 32.0. The maximum atomic E-state index is 12.8. The summed E-state index contributed by atoms with van der Waals surface area (Å²) < 4.78 is 16.9. The Hall–Kier alpha value is -1.85. The van der Waals surface area contributed by atoms with Crippen LogP contribution in [0.5, 0.6) is 0 Å². The Balaban J connectivity index is 4.24. The third kappa shape index (κ3) is 53.0. The van der Waals surface area contributed by atoms with E-state index in [1.165, 1.54) is 225 Å². The van der Waals surface area contributed by atoms with Crippen molar-refractivity contribution in [2.75, 3.05) is 13.2 Å². The average Bonchev–Trinajstić information content (AvgIpc) is 3.30. The highest BCUT2D eigenvalue weighted by molar-refractivity contribution is 5.71. The van der Waals surface area contributed by atoms with Gasteiger partial charge in [-0.2, -0.15) is 0 Å². The molecule has 0 aliphatic rings. The van der Waals surface area contributed by atoms with Gasteiger partial charge in [0.25, 0.3) is 0 Å². The minimum atomic E-state index is -0.768. The summed E-state index contributed by atoms with van der Waals surface area (Å²) in [5, 5.41) is 0. The molecule has 0 N–H and O–H groups in total. The van der Waals surface area contributed by atoms with Crippen LogP contribution >= 0.6 is 0 Å². The van der Waals surface area contributed by atoms with Crippen molar-refractivity contribution in [2.45, 2.75) is 335 Å². The Morgan fingerprint density at radius 1 is 0.292 bits per heavy atom. The molecular formula is C59H112O6. The van der Waals surface area contributed by atoms with Gasteiger partial charge in [0.1, 0.15) is 13.2 Å². The van der Waals surface area contributed by atoms with Crippen LogP contribution < -0.4 is 0 Å². The van der Waals surface area contributed by atoms with Gasteiger partial charge in [0.2, 0.25) is 0 Å². The van der Waals surface area contributed by atoms with Crippen molar-refractivity contribution in [3.63, 3.8) is 0 Å². The van der Waals surface area contributed by atoms with E-state index in [0.29, 0.717) is 19.3 Å². The minimum Gasteiger partial charge on any atom is -0.462 e. The van der Waals surface area contributed by atoms with Crippen LogP contribution in [0.1, 0.15) is 329 Å². The van der Waals surface area contributed by atoms with Crippen molar-refractivity contribution in [3.8, 4) is 0 Å². The zero-order valence-corrected chi connectivity index (χ0v) is 44.0. The largest absolute Gasteiger partial charge is 0.462 e. The van der Waals surface area contributed by atoms with Crippen molar-refractivity contribution in [3.05, 3.63) is 12.2 Å².